The largest absolute Gasteiger partial charge is 0.317 e. The first-order chi connectivity index (χ1) is 7.11. The standard InChI is InChI=1S/C12H21N3/c1-9(2)5-11(13-4)7-12-6-10(3)14-8-15-12/h6,8-9,11,13H,5,7H2,1-4H3. The minimum atomic E-state index is 0.513. The van der Waals surface area contributed by atoms with Gasteiger partial charge in [-0.2, -0.15) is 0 Å². The zero-order valence-corrected chi connectivity index (χ0v) is 10.1. The Morgan fingerprint density at radius 1 is 1.33 bits per heavy atom. The van der Waals surface area contributed by atoms with E-state index in [1.807, 2.05) is 14.0 Å². The molecule has 1 N–H and O–H groups in total. The van der Waals surface area contributed by atoms with Crippen molar-refractivity contribution in [3.63, 3.8) is 0 Å². The summed E-state index contributed by atoms with van der Waals surface area (Å²) in [6, 6.07) is 2.57. The van der Waals surface area contributed by atoms with Crippen LogP contribution in [-0.4, -0.2) is 23.1 Å². The second kappa shape index (κ2) is 5.81. The smallest absolute Gasteiger partial charge is 0.115 e. The summed E-state index contributed by atoms with van der Waals surface area (Å²) in [5, 5.41) is 3.34. The molecule has 1 rings (SSSR count). The van der Waals surface area contributed by atoms with Gasteiger partial charge in [0.15, 0.2) is 0 Å². The molecule has 0 fully saturated rings. The van der Waals surface area contributed by atoms with Crippen molar-refractivity contribution in [2.75, 3.05) is 7.05 Å². The van der Waals surface area contributed by atoms with Crippen LogP contribution in [0.2, 0.25) is 0 Å². The van der Waals surface area contributed by atoms with Gasteiger partial charge in [-0.25, -0.2) is 9.97 Å². The number of rotatable bonds is 5. The van der Waals surface area contributed by atoms with Crippen molar-refractivity contribution in [3.8, 4) is 0 Å². The Kier molecular flexibility index (Phi) is 4.69. The molecule has 0 aliphatic heterocycles. The van der Waals surface area contributed by atoms with Gasteiger partial charge < -0.3 is 5.32 Å². The predicted octanol–water partition coefficient (Wildman–Crippen LogP) is 1.96. The molecule has 1 heterocycles. The molecular weight excluding hydrogens is 186 g/mol. The van der Waals surface area contributed by atoms with E-state index < -0.39 is 0 Å². The molecule has 1 aromatic rings. The molecule has 1 atom stereocenters. The van der Waals surface area contributed by atoms with Crippen LogP contribution in [0.3, 0.4) is 0 Å². The van der Waals surface area contributed by atoms with Gasteiger partial charge in [0.1, 0.15) is 6.33 Å². The molecule has 84 valence electrons. The molecule has 0 bridgehead atoms. The van der Waals surface area contributed by atoms with Crippen molar-refractivity contribution < 1.29 is 0 Å². The Hall–Kier alpha value is -0.960. The number of aryl methyl sites for hydroxylation is 1. The fourth-order valence-electron chi connectivity index (χ4n) is 1.75. The van der Waals surface area contributed by atoms with E-state index in [-0.39, 0.29) is 0 Å². The van der Waals surface area contributed by atoms with Crippen LogP contribution in [0.1, 0.15) is 31.7 Å². The van der Waals surface area contributed by atoms with Crippen LogP contribution < -0.4 is 5.32 Å². The van der Waals surface area contributed by atoms with Crippen molar-refractivity contribution in [3.05, 3.63) is 23.8 Å². The highest BCUT2D eigenvalue weighted by molar-refractivity contribution is 5.07. The molecule has 0 aromatic carbocycles. The quantitative estimate of drug-likeness (QED) is 0.802. The molecule has 0 aliphatic carbocycles. The Morgan fingerprint density at radius 3 is 2.60 bits per heavy atom. The van der Waals surface area contributed by atoms with Gasteiger partial charge in [-0.05, 0) is 32.4 Å². The van der Waals surface area contributed by atoms with E-state index in [2.05, 4.69) is 35.2 Å². The van der Waals surface area contributed by atoms with E-state index >= 15 is 0 Å². The van der Waals surface area contributed by atoms with Gasteiger partial charge in [0, 0.05) is 23.9 Å². The van der Waals surface area contributed by atoms with Crippen molar-refractivity contribution >= 4 is 0 Å². The first-order valence-corrected chi connectivity index (χ1v) is 5.56. The highest BCUT2D eigenvalue weighted by Gasteiger charge is 2.10. The number of likely N-dealkylation sites (N-methyl/N-ethyl adjacent to an activating group) is 1. The Balaban J connectivity index is 2.58. The summed E-state index contributed by atoms with van der Waals surface area (Å²) in [6.45, 7) is 6.49. The van der Waals surface area contributed by atoms with E-state index in [1.54, 1.807) is 6.33 Å². The Morgan fingerprint density at radius 2 is 2.07 bits per heavy atom. The molecule has 0 saturated heterocycles. The number of hydrogen-bond donors (Lipinski definition) is 1. The van der Waals surface area contributed by atoms with Crippen LogP contribution in [0.5, 0.6) is 0 Å². The molecule has 15 heavy (non-hydrogen) atoms. The molecule has 1 aromatic heterocycles. The minimum Gasteiger partial charge on any atom is -0.317 e. The average Bonchev–Trinajstić information content (AvgIpc) is 2.16. The maximum atomic E-state index is 4.28. The lowest BCUT2D eigenvalue weighted by molar-refractivity contribution is 0.438. The van der Waals surface area contributed by atoms with Gasteiger partial charge in [-0.3, -0.25) is 0 Å². The zero-order chi connectivity index (χ0) is 11.3. The lowest BCUT2D eigenvalue weighted by Crippen LogP contribution is -2.29. The first-order valence-electron chi connectivity index (χ1n) is 5.56. The molecule has 0 amide bonds. The van der Waals surface area contributed by atoms with Crippen LogP contribution in [0.25, 0.3) is 0 Å². The maximum absolute atomic E-state index is 4.28. The highest BCUT2D eigenvalue weighted by Crippen LogP contribution is 2.09. The fourth-order valence-corrected chi connectivity index (χ4v) is 1.75. The van der Waals surface area contributed by atoms with Gasteiger partial charge in [0.2, 0.25) is 0 Å². The summed E-state index contributed by atoms with van der Waals surface area (Å²) >= 11 is 0. The van der Waals surface area contributed by atoms with Crippen molar-refractivity contribution in [2.45, 2.75) is 39.7 Å². The molecular formula is C12H21N3. The van der Waals surface area contributed by atoms with E-state index in [0.717, 1.165) is 17.8 Å². The average molecular weight is 207 g/mol. The molecule has 0 aliphatic rings. The normalized spacial score (nSPS) is 13.1. The Bertz CT molecular complexity index is 297. The summed E-state index contributed by atoms with van der Waals surface area (Å²) in [5.74, 6) is 0.713. The zero-order valence-electron chi connectivity index (χ0n) is 10.1. The number of nitrogens with one attached hydrogen (secondary N) is 1. The van der Waals surface area contributed by atoms with E-state index in [0.29, 0.717) is 12.0 Å². The molecule has 3 heteroatoms. The lowest BCUT2D eigenvalue weighted by atomic mass is 10.00. The SMILES string of the molecule is CNC(Cc1cc(C)ncn1)CC(C)C. The maximum Gasteiger partial charge on any atom is 0.115 e. The Labute approximate surface area is 92.3 Å². The molecule has 3 nitrogen and oxygen atoms in total. The van der Waals surface area contributed by atoms with Crippen LogP contribution in [0, 0.1) is 12.8 Å². The number of nitrogens with zero attached hydrogens (tertiary/aromatic N) is 2. The minimum absolute atomic E-state index is 0.513. The summed E-state index contributed by atoms with van der Waals surface area (Å²) in [5.41, 5.74) is 2.17. The molecule has 0 saturated carbocycles. The fraction of sp³-hybridized carbons (Fsp3) is 0.667. The van der Waals surface area contributed by atoms with Crippen molar-refractivity contribution in [1.82, 2.24) is 15.3 Å². The summed E-state index contributed by atoms with van der Waals surface area (Å²) < 4.78 is 0. The van der Waals surface area contributed by atoms with Crippen molar-refractivity contribution in [1.29, 1.82) is 0 Å². The summed E-state index contributed by atoms with van der Waals surface area (Å²) in [6.07, 6.45) is 3.81. The van der Waals surface area contributed by atoms with Gasteiger partial charge in [0.05, 0.1) is 0 Å². The van der Waals surface area contributed by atoms with E-state index in [4.69, 9.17) is 0 Å². The van der Waals surface area contributed by atoms with E-state index in [1.165, 1.54) is 6.42 Å². The third kappa shape index (κ3) is 4.38. The molecule has 1 unspecified atom stereocenters. The van der Waals surface area contributed by atoms with Gasteiger partial charge in [-0.15, -0.1) is 0 Å². The molecule has 0 radical (unpaired) electrons. The first kappa shape index (κ1) is 12.1. The van der Waals surface area contributed by atoms with Gasteiger partial charge in [0.25, 0.3) is 0 Å². The topological polar surface area (TPSA) is 37.8 Å². The van der Waals surface area contributed by atoms with E-state index in [9.17, 15) is 0 Å². The van der Waals surface area contributed by atoms with Gasteiger partial charge >= 0.3 is 0 Å². The summed E-state index contributed by atoms with van der Waals surface area (Å²) in [7, 11) is 2.01. The predicted molar refractivity (Wildman–Crippen MR) is 62.8 cm³/mol. The van der Waals surface area contributed by atoms with Crippen LogP contribution >= 0.6 is 0 Å². The molecule has 0 spiro atoms. The monoisotopic (exact) mass is 207 g/mol. The van der Waals surface area contributed by atoms with Crippen LogP contribution in [0.4, 0.5) is 0 Å². The highest BCUT2D eigenvalue weighted by atomic mass is 14.9. The number of aromatic nitrogens is 2. The van der Waals surface area contributed by atoms with Gasteiger partial charge in [-0.1, -0.05) is 13.8 Å². The van der Waals surface area contributed by atoms with Crippen LogP contribution in [0.15, 0.2) is 12.4 Å². The third-order valence-electron chi connectivity index (χ3n) is 2.48. The van der Waals surface area contributed by atoms with Crippen LogP contribution in [-0.2, 0) is 6.42 Å². The second-order valence-electron chi connectivity index (χ2n) is 4.47. The second-order valence-corrected chi connectivity index (χ2v) is 4.47. The lowest BCUT2D eigenvalue weighted by Gasteiger charge is -2.17. The third-order valence-corrected chi connectivity index (χ3v) is 2.48. The van der Waals surface area contributed by atoms with Crippen molar-refractivity contribution in [2.24, 2.45) is 5.92 Å². The summed E-state index contributed by atoms with van der Waals surface area (Å²) in [4.78, 5) is 8.39. The number of hydrogen-bond acceptors (Lipinski definition) is 3.